The summed E-state index contributed by atoms with van der Waals surface area (Å²) >= 11 is 0. The van der Waals surface area contributed by atoms with E-state index in [1.807, 2.05) is 12.1 Å². The van der Waals surface area contributed by atoms with Crippen LogP contribution in [-0.2, 0) is 14.1 Å². The number of piperazine rings is 1. The van der Waals surface area contributed by atoms with E-state index in [0.29, 0.717) is 24.7 Å². The highest BCUT2D eigenvalue weighted by Gasteiger charge is 2.26. The van der Waals surface area contributed by atoms with Crippen molar-refractivity contribution in [3.63, 3.8) is 0 Å². The summed E-state index contributed by atoms with van der Waals surface area (Å²) in [5.41, 5.74) is 0.392. The number of nitrogens with zero attached hydrogens (tertiary/aromatic N) is 4. The van der Waals surface area contributed by atoms with Crippen LogP contribution in [0.1, 0.15) is 6.42 Å². The SMILES string of the molecule is Cn1c(NCCCN2CCN(c3cccc4c3OCC(CO)O4)CC2)cc(=O)n(C)c1=O. The molecule has 10 nitrogen and oxygen atoms in total. The quantitative estimate of drug-likeness (QED) is 0.567. The highest BCUT2D eigenvalue weighted by atomic mass is 16.6. The molecule has 0 saturated carbocycles. The van der Waals surface area contributed by atoms with Gasteiger partial charge in [-0.25, -0.2) is 4.79 Å². The van der Waals surface area contributed by atoms with E-state index in [1.54, 1.807) is 7.05 Å². The largest absolute Gasteiger partial charge is 0.484 e. The Balaban J connectivity index is 1.26. The first-order valence-corrected chi connectivity index (χ1v) is 11.0. The van der Waals surface area contributed by atoms with Crippen molar-refractivity contribution < 1.29 is 14.6 Å². The van der Waals surface area contributed by atoms with Crippen molar-refractivity contribution in [1.82, 2.24) is 14.0 Å². The highest BCUT2D eigenvalue weighted by Crippen LogP contribution is 2.40. The van der Waals surface area contributed by atoms with Crippen LogP contribution in [0.25, 0.3) is 0 Å². The molecule has 0 amide bonds. The molecule has 1 saturated heterocycles. The van der Waals surface area contributed by atoms with Crippen LogP contribution < -0.4 is 30.9 Å². The normalized spacial score (nSPS) is 18.6. The maximum atomic E-state index is 12.0. The van der Waals surface area contributed by atoms with Gasteiger partial charge < -0.3 is 24.8 Å². The average Bonchev–Trinajstić information content (AvgIpc) is 2.83. The molecule has 3 heterocycles. The van der Waals surface area contributed by atoms with Gasteiger partial charge in [0.2, 0.25) is 0 Å². The summed E-state index contributed by atoms with van der Waals surface area (Å²) in [4.78, 5) is 28.6. The lowest BCUT2D eigenvalue weighted by Crippen LogP contribution is -2.47. The van der Waals surface area contributed by atoms with Gasteiger partial charge in [0.25, 0.3) is 5.56 Å². The smallest absolute Gasteiger partial charge is 0.332 e. The van der Waals surface area contributed by atoms with Gasteiger partial charge in [0, 0.05) is 52.9 Å². The molecule has 174 valence electrons. The number of nitrogens with one attached hydrogen (secondary N) is 1. The van der Waals surface area contributed by atoms with Crippen molar-refractivity contribution in [2.45, 2.75) is 12.5 Å². The van der Waals surface area contributed by atoms with E-state index >= 15 is 0 Å². The Morgan fingerprint density at radius 2 is 1.91 bits per heavy atom. The van der Waals surface area contributed by atoms with Gasteiger partial charge in [-0.1, -0.05) is 6.07 Å². The highest BCUT2D eigenvalue weighted by molar-refractivity contribution is 5.65. The molecule has 32 heavy (non-hydrogen) atoms. The summed E-state index contributed by atoms with van der Waals surface area (Å²) in [7, 11) is 3.13. The second-order valence-corrected chi connectivity index (χ2v) is 8.22. The zero-order chi connectivity index (χ0) is 22.7. The molecular weight excluding hydrogens is 414 g/mol. The Bertz CT molecular complexity index is 1060. The summed E-state index contributed by atoms with van der Waals surface area (Å²) in [5, 5.41) is 12.5. The van der Waals surface area contributed by atoms with Gasteiger partial charge >= 0.3 is 5.69 Å². The Labute approximate surface area is 186 Å². The third-order valence-corrected chi connectivity index (χ3v) is 6.07. The van der Waals surface area contributed by atoms with E-state index in [1.165, 1.54) is 17.7 Å². The average molecular weight is 446 g/mol. The summed E-state index contributed by atoms with van der Waals surface area (Å²) in [6.45, 7) is 5.57. The molecule has 1 aromatic heterocycles. The predicted octanol–water partition coefficient (Wildman–Crippen LogP) is -0.160. The second-order valence-electron chi connectivity index (χ2n) is 8.22. The molecule has 0 aliphatic carbocycles. The van der Waals surface area contributed by atoms with Crippen LogP contribution in [-0.4, -0.2) is 77.7 Å². The van der Waals surface area contributed by atoms with Crippen LogP contribution in [0.3, 0.4) is 0 Å². The summed E-state index contributed by atoms with van der Waals surface area (Å²) in [6.07, 6.45) is 0.591. The van der Waals surface area contributed by atoms with E-state index in [4.69, 9.17) is 9.47 Å². The first-order valence-electron chi connectivity index (χ1n) is 11.0. The number of aliphatic hydroxyl groups is 1. The fourth-order valence-electron chi connectivity index (χ4n) is 4.11. The maximum absolute atomic E-state index is 12.0. The minimum Gasteiger partial charge on any atom is -0.484 e. The Hall–Kier alpha value is -2.98. The number of ether oxygens (including phenoxy) is 2. The molecule has 2 N–H and O–H groups in total. The van der Waals surface area contributed by atoms with Gasteiger partial charge in [0.15, 0.2) is 17.6 Å². The van der Waals surface area contributed by atoms with Gasteiger partial charge in [-0.15, -0.1) is 0 Å². The topological polar surface area (TPSA) is 101 Å². The van der Waals surface area contributed by atoms with Crippen molar-refractivity contribution in [2.75, 3.05) is 62.7 Å². The van der Waals surface area contributed by atoms with Gasteiger partial charge in [-0.2, -0.15) is 0 Å². The molecule has 0 radical (unpaired) electrons. The molecule has 2 aliphatic heterocycles. The molecule has 1 aromatic carbocycles. The molecule has 1 unspecified atom stereocenters. The number of aromatic nitrogens is 2. The first-order chi connectivity index (χ1) is 15.5. The Morgan fingerprint density at radius 3 is 2.66 bits per heavy atom. The minimum absolute atomic E-state index is 0.0611. The summed E-state index contributed by atoms with van der Waals surface area (Å²) in [6, 6.07) is 7.34. The minimum atomic E-state index is -0.333. The lowest BCUT2D eigenvalue weighted by Gasteiger charge is -2.38. The predicted molar refractivity (Wildman–Crippen MR) is 122 cm³/mol. The number of hydrogen-bond donors (Lipinski definition) is 2. The summed E-state index contributed by atoms with van der Waals surface area (Å²) < 4.78 is 14.2. The monoisotopic (exact) mass is 445 g/mol. The molecule has 0 bridgehead atoms. The van der Waals surface area contributed by atoms with Crippen LogP contribution >= 0.6 is 0 Å². The second kappa shape index (κ2) is 9.66. The van der Waals surface area contributed by atoms with E-state index in [9.17, 15) is 14.7 Å². The molecule has 0 spiro atoms. The van der Waals surface area contributed by atoms with E-state index in [-0.39, 0.29) is 24.0 Å². The van der Waals surface area contributed by atoms with Crippen LogP contribution in [0.4, 0.5) is 11.5 Å². The van der Waals surface area contributed by atoms with E-state index in [2.05, 4.69) is 21.2 Å². The lowest BCUT2D eigenvalue weighted by atomic mass is 10.2. The van der Waals surface area contributed by atoms with Crippen LogP contribution in [0, 0.1) is 0 Å². The van der Waals surface area contributed by atoms with Crippen molar-refractivity contribution in [3.05, 3.63) is 45.1 Å². The van der Waals surface area contributed by atoms with Crippen molar-refractivity contribution in [3.8, 4) is 11.5 Å². The fraction of sp³-hybridized carbons (Fsp3) is 0.545. The molecule has 1 atom stereocenters. The van der Waals surface area contributed by atoms with Gasteiger partial charge in [-0.3, -0.25) is 18.8 Å². The Kier molecular flexibility index (Phi) is 6.71. The number of para-hydroxylation sites is 1. The number of aliphatic hydroxyl groups excluding tert-OH is 1. The fourth-order valence-corrected chi connectivity index (χ4v) is 4.11. The number of benzene rings is 1. The van der Waals surface area contributed by atoms with Crippen LogP contribution in [0.5, 0.6) is 11.5 Å². The van der Waals surface area contributed by atoms with Crippen molar-refractivity contribution in [1.29, 1.82) is 0 Å². The van der Waals surface area contributed by atoms with E-state index < -0.39 is 0 Å². The molecule has 2 aliphatic rings. The van der Waals surface area contributed by atoms with Crippen molar-refractivity contribution >= 4 is 11.5 Å². The maximum Gasteiger partial charge on any atom is 0.332 e. The number of fused-ring (bicyclic) bond motifs is 1. The molecule has 4 rings (SSSR count). The van der Waals surface area contributed by atoms with Crippen LogP contribution in [0.2, 0.25) is 0 Å². The molecule has 10 heteroatoms. The van der Waals surface area contributed by atoms with E-state index in [0.717, 1.165) is 55.1 Å². The summed E-state index contributed by atoms with van der Waals surface area (Å²) in [5.74, 6) is 1.99. The third kappa shape index (κ3) is 4.61. The van der Waals surface area contributed by atoms with Gasteiger partial charge in [0.1, 0.15) is 12.4 Å². The molecule has 2 aromatic rings. The number of rotatable bonds is 7. The third-order valence-electron chi connectivity index (χ3n) is 6.07. The Morgan fingerprint density at radius 1 is 1.12 bits per heavy atom. The van der Waals surface area contributed by atoms with Crippen molar-refractivity contribution in [2.24, 2.45) is 14.1 Å². The number of hydrogen-bond acceptors (Lipinski definition) is 8. The molecule has 1 fully saturated rings. The zero-order valence-corrected chi connectivity index (χ0v) is 18.6. The van der Waals surface area contributed by atoms with Crippen LogP contribution in [0.15, 0.2) is 33.9 Å². The first kappa shape index (κ1) is 22.2. The number of anilines is 2. The standard InChI is InChI=1S/C22H31N5O5/c1-24-19(13-20(29)25(2)22(24)30)23-7-4-8-26-9-11-27(12-10-26)17-5-3-6-18-21(17)31-15-16(14-28)32-18/h3,5-6,13,16,23,28H,4,7-12,14-15H2,1-2H3. The molecular formula is C22H31N5O5. The zero-order valence-electron chi connectivity index (χ0n) is 18.6. The lowest BCUT2D eigenvalue weighted by molar-refractivity contribution is 0.0459. The van der Waals surface area contributed by atoms with Gasteiger partial charge in [-0.05, 0) is 25.1 Å². The van der Waals surface area contributed by atoms with Gasteiger partial charge in [0.05, 0.1) is 12.3 Å².